The van der Waals surface area contributed by atoms with Gasteiger partial charge in [-0.05, 0) is 41.5 Å². The van der Waals surface area contributed by atoms with Gasteiger partial charge in [0.15, 0.2) is 0 Å². The normalized spacial score (nSPS) is 10.9. The molecule has 0 aromatic heterocycles. The molecular weight excluding hydrogens is 368 g/mol. The van der Waals surface area contributed by atoms with E-state index in [0.29, 0.717) is 12.4 Å². The first kappa shape index (κ1) is 19.8. The number of aliphatic carboxylic acids is 1. The van der Waals surface area contributed by atoms with Gasteiger partial charge in [-0.3, -0.25) is 0 Å². The molecule has 0 unspecified atom stereocenters. The Kier molecular flexibility index (Phi) is 7.33. The Labute approximate surface area is 169 Å². The average molecular weight is 391 g/mol. The number of ether oxygens (including phenoxy) is 1. The van der Waals surface area contributed by atoms with Crippen molar-refractivity contribution in [1.29, 1.82) is 0 Å². The number of benzene rings is 3. The molecule has 0 heterocycles. The lowest BCUT2D eigenvalue weighted by atomic mass is 10.1. The maximum absolute atomic E-state index is 10.9. The van der Waals surface area contributed by atoms with Crippen molar-refractivity contribution in [2.45, 2.75) is 17.1 Å². The summed E-state index contributed by atoms with van der Waals surface area (Å²) in [4.78, 5) is 12.1. The van der Waals surface area contributed by atoms with E-state index < -0.39 is 5.97 Å². The highest BCUT2D eigenvalue weighted by Crippen LogP contribution is 2.27. The van der Waals surface area contributed by atoms with Crippen LogP contribution in [0.15, 0.2) is 89.8 Å². The summed E-state index contributed by atoms with van der Waals surface area (Å²) in [5.74, 6) is 0.531. The molecule has 3 aromatic carbocycles. The fourth-order valence-electron chi connectivity index (χ4n) is 2.72. The van der Waals surface area contributed by atoms with E-state index in [4.69, 9.17) is 9.84 Å². The van der Waals surface area contributed by atoms with Crippen LogP contribution < -0.4 is 4.74 Å². The van der Waals surface area contributed by atoms with Crippen LogP contribution in [0.1, 0.15) is 16.7 Å². The third kappa shape index (κ3) is 6.32. The number of thioether (sulfide) groups is 1. The Morgan fingerprint density at radius 3 is 2.36 bits per heavy atom. The van der Waals surface area contributed by atoms with Crippen molar-refractivity contribution in [3.05, 3.63) is 102 Å². The van der Waals surface area contributed by atoms with Gasteiger partial charge in [0.25, 0.3) is 0 Å². The summed E-state index contributed by atoms with van der Waals surface area (Å²) < 4.78 is 5.94. The van der Waals surface area contributed by atoms with Crippen molar-refractivity contribution < 1.29 is 14.6 Å². The van der Waals surface area contributed by atoms with Crippen molar-refractivity contribution in [3.63, 3.8) is 0 Å². The van der Waals surface area contributed by atoms with Gasteiger partial charge in [-0.15, -0.1) is 11.8 Å². The minimum atomic E-state index is -0.973. The SMILES string of the molecule is O=C(O)C=Cc1cc(CSc2ccccc2)ccc1OCCc1ccccc1. The van der Waals surface area contributed by atoms with Crippen LogP contribution in [-0.4, -0.2) is 17.7 Å². The monoisotopic (exact) mass is 390 g/mol. The number of carboxylic acid groups (broad SMARTS) is 1. The molecule has 0 amide bonds. The van der Waals surface area contributed by atoms with Gasteiger partial charge in [0.1, 0.15) is 5.75 Å². The van der Waals surface area contributed by atoms with Crippen LogP contribution in [0.4, 0.5) is 0 Å². The molecule has 0 radical (unpaired) electrons. The van der Waals surface area contributed by atoms with Gasteiger partial charge in [-0.25, -0.2) is 4.79 Å². The third-order valence-electron chi connectivity index (χ3n) is 4.12. The van der Waals surface area contributed by atoms with Crippen molar-refractivity contribution in [3.8, 4) is 5.75 Å². The second kappa shape index (κ2) is 10.4. The molecule has 0 aliphatic carbocycles. The van der Waals surface area contributed by atoms with Crippen molar-refractivity contribution in [1.82, 2.24) is 0 Å². The van der Waals surface area contributed by atoms with Gasteiger partial charge in [0.2, 0.25) is 0 Å². The van der Waals surface area contributed by atoms with E-state index >= 15 is 0 Å². The minimum Gasteiger partial charge on any atom is -0.493 e. The molecule has 3 nitrogen and oxygen atoms in total. The lowest BCUT2D eigenvalue weighted by Gasteiger charge is -2.11. The maximum atomic E-state index is 10.9. The highest BCUT2D eigenvalue weighted by molar-refractivity contribution is 7.98. The molecule has 0 spiro atoms. The first-order valence-corrected chi connectivity index (χ1v) is 10.1. The van der Waals surface area contributed by atoms with E-state index in [1.165, 1.54) is 10.5 Å². The van der Waals surface area contributed by atoms with E-state index in [1.807, 2.05) is 54.6 Å². The summed E-state index contributed by atoms with van der Waals surface area (Å²) in [6.07, 6.45) is 3.54. The quantitative estimate of drug-likeness (QED) is 0.376. The van der Waals surface area contributed by atoms with E-state index in [-0.39, 0.29) is 0 Å². The third-order valence-corrected chi connectivity index (χ3v) is 5.20. The predicted octanol–water partition coefficient (Wildman–Crippen LogP) is 5.70. The first-order valence-electron chi connectivity index (χ1n) is 9.09. The van der Waals surface area contributed by atoms with Gasteiger partial charge in [-0.1, -0.05) is 54.6 Å². The fourth-order valence-corrected chi connectivity index (χ4v) is 3.58. The summed E-state index contributed by atoms with van der Waals surface area (Å²) in [5, 5.41) is 8.98. The lowest BCUT2D eigenvalue weighted by Crippen LogP contribution is -2.03. The van der Waals surface area contributed by atoms with Gasteiger partial charge in [-0.2, -0.15) is 0 Å². The van der Waals surface area contributed by atoms with Crippen LogP contribution in [0.5, 0.6) is 5.75 Å². The molecular formula is C24H22O3S. The largest absolute Gasteiger partial charge is 0.493 e. The molecule has 28 heavy (non-hydrogen) atoms. The molecule has 0 saturated carbocycles. The highest BCUT2D eigenvalue weighted by atomic mass is 32.2. The molecule has 0 saturated heterocycles. The Morgan fingerprint density at radius 2 is 1.64 bits per heavy atom. The Bertz CT molecular complexity index is 921. The molecule has 4 heteroatoms. The zero-order valence-electron chi connectivity index (χ0n) is 15.5. The molecule has 0 aliphatic rings. The first-order chi connectivity index (χ1) is 13.7. The summed E-state index contributed by atoms with van der Waals surface area (Å²) in [6.45, 7) is 0.538. The van der Waals surface area contributed by atoms with Crippen LogP contribution in [-0.2, 0) is 17.0 Å². The molecule has 142 valence electrons. The topological polar surface area (TPSA) is 46.5 Å². The standard InChI is InChI=1S/C24H22O3S/c25-24(26)14-12-21-17-20(18-28-22-9-5-2-6-10-22)11-13-23(21)27-16-15-19-7-3-1-4-8-19/h1-14,17H,15-16,18H2,(H,25,26). The van der Waals surface area contributed by atoms with Crippen molar-refractivity contribution in [2.24, 2.45) is 0 Å². The maximum Gasteiger partial charge on any atom is 0.328 e. The molecule has 1 N–H and O–H groups in total. The second-order valence-electron chi connectivity index (χ2n) is 6.23. The van der Waals surface area contributed by atoms with Crippen molar-refractivity contribution in [2.75, 3.05) is 6.61 Å². The van der Waals surface area contributed by atoms with Crippen LogP contribution in [0.2, 0.25) is 0 Å². The summed E-state index contributed by atoms with van der Waals surface area (Å²) in [7, 11) is 0. The second-order valence-corrected chi connectivity index (χ2v) is 7.28. The van der Waals surface area contributed by atoms with Gasteiger partial charge in [0, 0.05) is 28.7 Å². The number of rotatable bonds is 9. The van der Waals surface area contributed by atoms with E-state index in [9.17, 15) is 4.79 Å². The van der Waals surface area contributed by atoms with Gasteiger partial charge >= 0.3 is 5.97 Å². The molecule has 3 rings (SSSR count). The van der Waals surface area contributed by atoms with Crippen LogP contribution in [0, 0.1) is 0 Å². The van der Waals surface area contributed by atoms with E-state index in [1.54, 1.807) is 17.8 Å². The van der Waals surface area contributed by atoms with E-state index in [0.717, 1.165) is 29.4 Å². The molecule has 3 aromatic rings. The number of carbonyl (C=O) groups is 1. The number of hydrogen-bond acceptors (Lipinski definition) is 3. The number of carboxylic acids is 1. The molecule has 0 fully saturated rings. The van der Waals surface area contributed by atoms with E-state index in [2.05, 4.69) is 24.3 Å². The number of hydrogen-bond donors (Lipinski definition) is 1. The Balaban J connectivity index is 1.68. The van der Waals surface area contributed by atoms with Gasteiger partial charge in [0.05, 0.1) is 6.61 Å². The zero-order chi connectivity index (χ0) is 19.6. The van der Waals surface area contributed by atoms with Crippen molar-refractivity contribution >= 4 is 23.8 Å². The van der Waals surface area contributed by atoms with Crippen LogP contribution in [0.3, 0.4) is 0 Å². The molecule has 0 bridgehead atoms. The smallest absolute Gasteiger partial charge is 0.328 e. The molecule has 0 aliphatic heterocycles. The summed E-state index contributed by atoms with van der Waals surface area (Å²) >= 11 is 1.75. The van der Waals surface area contributed by atoms with Gasteiger partial charge < -0.3 is 9.84 Å². The highest BCUT2D eigenvalue weighted by Gasteiger charge is 2.05. The summed E-state index contributed by atoms with van der Waals surface area (Å²) in [5.41, 5.74) is 3.11. The zero-order valence-corrected chi connectivity index (χ0v) is 16.3. The molecule has 0 atom stereocenters. The minimum absolute atomic E-state index is 0.538. The van der Waals surface area contributed by atoms with Crippen LogP contribution >= 0.6 is 11.8 Å². The fraction of sp³-hybridized carbons (Fsp3) is 0.125. The predicted molar refractivity (Wildman–Crippen MR) is 115 cm³/mol. The van der Waals surface area contributed by atoms with Crippen LogP contribution in [0.25, 0.3) is 6.08 Å². The average Bonchev–Trinajstić information content (AvgIpc) is 2.73. The lowest BCUT2D eigenvalue weighted by molar-refractivity contribution is -0.131. The summed E-state index contributed by atoms with van der Waals surface area (Å²) in [6, 6.07) is 26.3. The Hall–Kier alpha value is -2.98. The Morgan fingerprint density at radius 1 is 0.929 bits per heavy atom.